The van der Waals surface area contributed by atoms with E-state index >= 15 is 0 Å². The molecule has 0 amide bonds. The van der Waals surface area contributed by atoms with Crippen LogP contribution in [0.15, 0.2) is 6.20 Å². The molecule has 1 aromatic rings. The molecule has 7 heteroatoms. The molecule has 0 unspecified atom stereocenters. The highest BCUT2D eigenvalue weighted by Crippen LogP contribution is 2.02. The molecule has 0 bridgehead atoms. The summed E-state index contributed by atoms with van der Waals surface area (Å²) in [7, 11) is -3.20. The third-order valence-electron chi connectivity index (χ3n) is 2.21. The van der Waals surface area contributed by atoms with Gasteiger partial charge in [-0.1, -0.05) is 6.92 Å². The first-order valence-corrected chi connectivity index (χ1v) is 6.87. The highest BCUT2D eigenvalue weighted by molar-refractivity contribution is 7.89. The average Bonchev–Trinajstić information content (AvgIpc) is 2.62. The number of aromatic nitrogens is 2. The summed E-state index contributed by atoms with van der Waals surface area (Å²) in [6.45, 7) is 5.33. The Balaban J connectivity index is 2.39. The maximum absolute atomic E-state index is 11.5. The third kappa shape index (κ3) is 4.30. The number of nitrogens with one attached hydrogen (secondary N) is 3. The van der Waals surface area contributed by atoms with Crippen LogP contribution in [0.1, 0.15) is 18.2 Å². The molecule has 0 aliphatic carbocycles. The van der Waals surface area contributed by atoms with E-state index in [1.807, 2.05) is 13.8 Å². The molecule has 0 aliphatic heterocycles. The average molecular weight is 246 g/mol. The van der Waals surface area contributed by atoms with Gasteiger partial charge in [-0.2, -0.15) is 5.10 Å². The number of rotatable bonds is 7. The number of hydrogen-bond donors (Lipinski definition) is 3. The zero-order valence-electron chi connectivity index (χ0n) is 9.58. The van der Waals surface area contributed by atoms with Gasteiger partial charge in [0, 0.05) is 24.3 Å². The lowest BCUT2D eigenvalue weighted by Gasteiger charge is -2.06. The van der Waals surface area contributed by atoms with Crippen LogP contribution in [0.4, 0.5) is 0 Å². The molecule has 1 aromatic heterocycles. The molecule has 0 saturated carbocycles. The molecule has 0 aromatic carbocycles. The molecule has 3 N–H and O–H groups in total. The first-order chi connectivity index (χ1) is 7.55. The van der Waals surface area contributed by atoms with E-state index in [-0.39, 0.29) is 12.3 Å². The minimum atomic E-state index is -3.20. The van der Waals surface area contributed by atoms with Gasteiger partial charge < -0.3 is 5.32 Å². The first kappa shape index (κ1) is 13.1. The molecule has 6 nitrogen and oxygen atoms in total. The molecule has 0 spiro atoms. The Bertz CT molecular complexity index is 413. The van der Waals surface area contributed by atoms with E-state index < -0.39 is 10.0 Å². The Morgan fingerprint density at radius 2 is 2.25 bits per heavy atom. The lowest BCUT2D eigenvalue weighted by atomic mass is 10.3. The standard InChI is InChI=1S/C9H18N4O2S/c1-3-10-4-5-16(14,15)12-7-9-6-11-13-8(9)2/h6,10,12H,3-5,7H2,1-2H3,(H,11,13). The maximum atomic E-state index is 11.5. The lowest BCUT2D eigenvalue weighted by molar-refractivity contribution is 0.577. The lowest BCUT2D eigenvalue weighted by Crippen LogP contribution is -2.31. The van der Waals surface area contributed by atoms with E-state index in [9.17, 15) is 8.42 Å². The summed E-state index contributed by atoms with van der Waals surface area (Å²) in [6, 6.07) is 0. The highest BCUT2D eigenvalue weighted by atomic mass is 32.2. The number of sulfonamides is 1. The summed E-state index contributed by atoms with van der Waals surface area (Å²) in [5.74, 6) is 0.0950. The van der Waals surface area contributed by atoms with E-state index in [0.717, 1.165) is 17.8 Å². The van der Waals surface area contributed by atoms with Crippen LogP contribution in [0.2, 0.25) is 0 Å². The SMILES string of the molecule is CCNCCS(=O)(=O)NCc1cn[nH]c1C. The molecular weight excluding hydrogens is 228 g/mol. The van der Waals surface area contributed by atoms with Gasteiger partial charge in [0.05, 0.1) is 11.9 Å². The quantitative estimate of drug-likeness (QED) is 0.579. The van der Waals surface area contributed by atoms with Crippen LogP contribution in [0.3, 0.4) is 0 Å². The van der Waals surface area contributed by atoms with Crippen molar-refractivity contribution in [3.8, 4) is 0 Å². The van der Waals surface area contributed by atoms with Crippen molar-refractivity contribution in [3.05, 3.63) is 17.5 Å². The number of hydrogen-bond acceptors (Lipinski definition) is 4. The number of aromatic amines is 1. The van der Waals surface area contributed by atoms with Crippen LogP contribution in [-0.2, 0) is 16.6 Å². The van der Waals surface area contributed by atoms with Crippen molar-refractivity contribution in [1.29, 1.82) is 0 Å². The van der Waals surface area contributed by atoms with Crippen molar-refractivity contribution in [2.24, 2.45) is 0 Å². The van der Waals surface area contributed by atoms with E-state index in [1.54, 1.807) is 6.20 Å². The van der Waals surface area contributed by atoms with Crippen LogP contribution in [0.5, 0.6) is 0 Å². The highest BCUT2D eigenvalue weighted by Gasteiger charge is 2.10. The van der Waals surface area contributed by atoms with Crippen LogP contribution in [0, 0.1) is 6.92 Å². The summed E-state index contributed by atoms with van der Waals surface area (Å²) >= 11 is 0. The van der Waals surface area contributed by atoms with Crippen molar-refractivity contribution in [2.75, 3.05) is 18.8 Å². The van der Waals surface area contributed by atoms with Crippen molar-refractivity contribution < 1.29 is 8.42 Å². The van der Waals surface area contributed by atoms with Crippen LogP contribution in [0.25, 0.3) is 0 Å². The second kappa shape index (κ2) is 5.97. The first-order valence-electron chi connectivity index (χ1n) is 5.22. The Morgan fingerprint density at radius 1 is 1.50 bits per heavy atom. The maximum Gasteiger partial charge on any atom is 0.213 e. The monoisotopic (exact) mass is 246 g/mol. The minimum absolute atomic E-state index is 0.0950. The van der Waals surface area contributed by atoms with Gasteiger partial charge in [0.15, 0.2) is 0 Å². The summed E-state index contributed by atoms with van der Waals surface area (Å²) in [4.78, 5) is 0. The molecule has 0 radical (unpaired) electrons. The number of nitrogens with zero attached hydrogens (tertiary/aromatic N) is 1. The zero-order chi connectivity index (χ0) is 12.0. The molecule has 1 heterocycles. The fourth-order valence-corrected chi connectivity index (χ4v) is 2.13. The third-order valence-corrected chi connectivity index (χ3v) is 3.54. The van der Waals surface area contributed by atoms with Crippen LogP contribution < -0.4 is 10.0 Å². The summed E-state index contributed by atoms with van der Waals surface area (Å²) in [6.07, 6.45) is 1.63. The topological polar surface area (TPSA) is 86.9 Å². The van der Waals surface area contributed by atoms with E-state index in [1.165, 1.54) is 0 Å². The zero-order valence-corrected chi connectivity index (χ0v) is 10.4. The van der Waals surface area contributed by atoms with Crippen molar-refractivity contribution in [3.63, 3.8) is 0 Å². The fraction of sp³-hybridized carbons (Fsp3) is 0.667. The van der Waals surface area contributed by atoms with Crippen molar-refractivity contribution in [2.45, 2.75) is 20.4 Å². The smallest absolute Gasteiger partial charge is 0.213 e. The van der Waals surface area contributed by atoms with Crippen LogP contribution in [-0.4, -0.2) is 37.5 Å². The molecule has 1 rings (SSSR count). The second-order valence-corrected chi connectivity index (χ2v) is 5.44. The Kier molecular flexibility index (Phi) is 4.91. The van der Waals surface area contributed by atoms with Gasteiger partial charge in [-0.05, 0) is 13.5 Å². The minimum Gasteiger partial charge on any atom is -0.316 e. The molecule has 0 fully saturated rings. The second-order valence-electron chi connectivity index (χ2n) is 3.51. The Morgan fingerprint density at radius 3 is 2.81 bits per heavy atom. The largest absolute Gasteiger partial charge is 0.316 e. The van der Waals surface area contributed by atoms with Crippen molar-refractivity contribution >= 4 is 10.0 Å². The Hall–Kier alpha value is -0.920. The van der Waals surface area contributed by atoms with E-state index in [2.05, 4.69) is 20.2 Å². The molecular formula is C9H18N4O2S. The summed E-state index contributed by atoms with van der Waals surface area (Å²) in [5.41, 5.74) is 1.75. The fourth-order valence-electron chi connectivity index (χ4n) is 1.20. The number of aryl methyl sites for hydroxylation is 1. The van der Waals surface area contributed by atoms with Gasteiger partial charge >= 0.3 is 0 Å². The van der Waals surface area contributed by atoms with Gasteiger partial charge in [-0.15, -0.1) is 0 Å². The van der Waals surface area contributed by atoms with Crippen molar-refractivity contribution in [1.82, 2.24) is 20.2 Å². The van der Waals surface area contributed by atoms with Gasteiger partial charge in [-0.25, -0.2) is 13.1 Å². The molecule has 0 saturated heterocycles. The van der Waals surface area contributed by atoms with Gasteiger partial charge in [-0.3, -0.25) is 5.10 Å². The molecule has 16 heavy (non-hydrogen) atoms. The predicted octanol–water partition coefficient (Wildman–Crippen LogP) is -0.253. The van der Waals surface area contributed by atoms with Gasteiger partial charge in [0.25, 0.3) is 0 Å². The number of H-pyrrole nitrogens is 1. The normalized spacial score (nSPS) is 11.9. The Labute approximate surface area is 95.9 Å². The molecule has 0 aliphatic rings. The van der Waals surface area contributed by atoms with E-state index in [0.29, 0.717) is 6.54 Å². The molecule has 0 atom stereocenters. The summed E-state index contributed by atoms with van der Waals surface area (Å²) in [5, 5.41) is 9.56. The molecule has 92 valence electrons. The van der Waals surface area contributed by atoms with Gasteiger partial charge in [0.1, 0.15) is 0 Å². The van der Waals surface area contributed by atoms with Crippen LogP contribution >= 0.6 is 0 Å². The van der Waals surface area contributed by atoms with Gasteiger partial charge in [0.2, 0.25) is 10.0 Å². The summed E-state index contributed by atoms with van der Waals surface area (Å²) < 4.78 is 25.6. The van der Waals surface area contributed by atoms with E-state index in [4.69, 9.17) is 0 Å². The predicted molar refractivity (Wildman–Crippen MR) is 62.5 cm³/mol.